The van der Waals surface area contributed by atoms with Crippen LogP contribution in [0.2, 0.25) is 0 Å². The molecule has 6 heteroatoms. The molecule has 0 saturated heterocycles. The minimum atomic E-state index is -0.757. The third-order valence-corrected chi connectivity index (χ3v) is 9.65. The molecule has 0 aliphatic rings. The summed E-state index contributed by atoms with van der Waals surface area (Å²) in [4.78, 5) is 37.3. The second-order valence-corrected chi connectivity index (χ2v) is 14.5. The molecule has 0 aromatic carbocycles. The summed E-state index contributed by atoms with van der Waals surface area (Å²) in [6, 6.07) is 0. The predicted octanol–water partition coefficient (Wildman–Crippen LogP) is 12.8. The minimum Gasteiger partial charge on any atom is -0.462 e. The van der Waals surface area contributed by atoms with Gasteiger partial charge in [-0.05, 0) is 25.2 Å². The van der Waals surface area contributed by atoms with Crippen molar-refractivity contribution in [3.05, 3.63) is 0 Å². The Balaban J connectivity index is 4.24. The maximum absolute atomic E-state index is 12.6. The molecular formula is C42H80O6. The summed E-state index contributed by atoms with van der Waals surface area (Å²) in [6.45, 7) is 8.90. The molecule has 48 heavy (non-hydrogen) atoms. The van der Waals surface area contributed by atoms with Crippen LogP contribution < -0.4 is 0 Å². The van der Waals surface area contributed by atoms with Gasteiger partial charge in [0.1, 0.15) is 13.2 Å². The molecule has 0 rings (SSSR count). The van der Waals surface area contributed by atoms with Crippen molar-refractivity contribution in [3.63, 3.8) is 0 Å². The van der Waals surface area contributed by atoms with E-state index in [0.717, 1.165) is 70.1 Å². The van der Waals surface area contributed by atoms with Crippen LogP contribution in [-0.4, -0.2) is 37.2 Å². The summed E-state index contributed by atoms with van der Waals surface area (Å²) in [5.74, 6) is -0.0298. The molecule has 0 aliphatic carbocycles. The van der Waals surface area contributed by atoms with Gasteiger partial charge in [-0.2, -0.15) is 0 Å². The minimum absolute atomic E-state index is 0.0656. The Morgan fingerprint density at radius 1 is 0.417 bits per heavy atom. The van der Waals surface area contributed by atoms with Gasteiger partial charge in [0.05, 0.1) is 0 Å². The van der Waals surface area contributed by atoms with Crippen LogP contribution >= 0.6 is 0 Å². The fraction of sp³-hybridized carbons (Fsp3) is 0.929. The lowest BCUT2D eigenvalue weighted by molar-refractivity contribution is -0.167. The van der Waals surface area contributed by atoms with Crippen LogP contribution in [0.5, 0.6) is 0 Å². The Morgan fingerprint density at radius 2 is 0.729 bits per heavy atom. The largest absolute Gasteiger partial charge is 0.462 e. The van der Waals surface area contributed by atoms with Crippen molar-refractivity contribution < 1.29 is 28.6 Å². The molecule has 0 bridgehead atoms. The Morgan fingerprint density at radius 3 is 1.08 bits per heavy atom. The summed E-state index contributed by atoms with van der Waals surface area (Å²) in [7, 11) is 0. The maximum atomic E-state index is 12.6. The number of carbonyl (C=O) groups excluding carboxylic acids is 3. The van der Waals surface area contributed by atoms with Crippen LogP contribution in [-0.2, 0) is 28.6 Å². The van der Waals surface area contributed by atoms with E-state index >= 15 is 0 Å². The van der Waals surface area contributed by atoms with Crippen molar-refractivity contribution in [1.82, 2.24) is 0 Å². The van der Waals surface area contributed by atoms with Gasteiger partial charge >= 0.3 is 17.9 Å². The van der Waals surface area contributed by atoms with Gasteiger partial charge in [0.25, 0.3) is 0 Å². The molecule has 0 amide bonds. The number of hydrogen-bond donors (Lipinski definition) is 0. The van der Waals surface area contributed by atoms with E-state index in [1.807, 2.05) is 0 Å². The molecule has 6 nitrogen and oxygen atoms in total. The smallest absolute Gasteiger partial charge is 0.306 e. The summed E-state index contributed by atoms with van der Waals surface area (Å²) >= 11 is 0. The standard InChI is InChI=1S/C42H80O6/c1-5-8-10-12-13-14-15-16-17-18-22-26-30-34-41(44)47-37-39(36-46-40(43)33-29-24-11-9-6-2)48-42(45)35-31-27-23-20-19-21-25-28-32-38(4)7-3/h38-39H,5-37H2,1-4H3/t38?,39-/m0/s1. The number of hydrogen-bond acceptors (Lipinski definition) is 6. The zero-order valence-corrected chi connectivity index (χ0v) is 32.4. The van der Waals surface area contributed by atoms with Gasteiger partial charge in [-0.25, -0.2) is 0 Å². The molecule has 0 fully saturated rings. The molecule has 0 radical (unpaired) electrons. The van der Waals surface area contributed by atoms with Crippen molar-refractivity contribution in [3.8, 4) is 0 Å². The molecule has 2 atom stereocenters. The van der Waals surface area contributed by atoms with Gasteiger partial charge in [0.2, 0.25) is 0 Å². The van der Waals surface area contributed by atoms with Gasteiger partial charge in [0, 0.05) is 19.3 Å². The fourth-order valence-electron chi connectivity index (χ4n) is 6.06. The molecule has 0 N–H and O–H groups in total. The zero-order chi connectivity index (χ0) is 35.3. The number of unbranched alkanes of at least 4 members (excludes halogenated alkanes) is 23. The van der Waals surface area contributed by atoms with Crippen LogP contribution in [0.3, 0.4) is 0 Å². The van der Waals surface area contributed by atoms with Gasteiger partial charge in [-0.15, -0.1) is 0 Å². The fourth-order valence-corrected chi connectivity index (χ4v) is 6.06. The van der Waals surface area contributed by atoms with Crippen molar-refractivity contribution in [2.45, 2.75) is 233 Å². The summed E-state index contributed by atoms with van der Waals surface area (Å²) in [5, 5.41) is 0. The van der Waals surface area contributed by atoms with E-state index in [1.165, 1.54) is 116 Å². The summed E-state index contributed by atoms with van der Waals surface area (Å²) in [5.41, 5.74) is 0. The van der Waals surface area contributed by atoms with E-state index in [9.17, 15) is 14.4 Å². The SMILES string of the molecule is CCCCCCCCCCCCCCCC(=O)OC[C@H](COC(=O)CCCCCCC)OC(=O)CCCCCCCCCCC(C)CC. The normalized spacial score (nSPS) is 12.5. The topological polar surface area (TPSA) is 78.9 Å². The molecule has 0 aromatic heterocycles. The molecule has 1 unspecified atom stereocenters. The van der Waals surface area contributed by atoms with Gasteiger partial charge in [-0.1, -0.05) is 188 Å². The van der Waals surface area contributed by atoms with E-state index in [0.29, 0.717) is 19.3 Å². The molecule has 0 aromatic rings. The van der Waals surface area contributed by atoms with Crippen molar-refractivity contribution in [2.75, 3.05) is 13.2 Å². The third-order valence-electron chi connectivity index (χ3n) is 9.65. The molecule has 284 valence electrons. The first kappa shape index (κ1) is 46.4. The Labute approximate surface area is 298 Å². The second kappa shape index (κ2) is 36.7. The number of carbonyl (C=O) groups is 3. The van der Waals surface area contributed by atoms with Crippen LogP contribution in [0, 0.1) is 5.92 Å². The summed E-state index contributed by atoms with van der Waals surface area (Å²) < 4.78 is 16.6. The predicted molar refractivity (Wildman–Crippen MR) is 201 cm³/mol. The van der Waals surface area contributed by atoms with Crippen molar-refractivity contribution >= 4 is 17.9 Å². The maximum Gasteiger partial charge on any atom is 0.306 e. The second-order valence-electron chi connectivity index (χ2n) is 14.5. The Kier molecular flexibility index (Phi) is 35.5. The van der Waals surface area contributed by atoms with E-state index in [4.69, 9.17) is 14.2 Å². The van der Waals surface area contributed by atoms with Gasteiger partial charge in [0.15, 0.2) is 6.10 Å². The van der Waals surface area contributed by atoms with E-state index < -0.39 is 6.10 Å². The van der Waals surface area contributed by atoms with Gasteiger partial charge < -0.3 is 14.2 Å². The van der Waals surface area contributed by atoms with Crippen LogP contribution in [0.1, 0.15) is 227 Å². The van der Waals surface area contributed by atoms with Crippen molar-refractivity contribution in [1.29, 1.82) is 0 Å². The first-order valence-corrected chi connectivity index (χ1v) is 20.9. The van der Waals surface area contributed by atoms with E-state index in [2.05, 4.69) is 27.7 Å². The highest BCUT2D eigenvalue weighted by atomic mass is 16.6. The first-order chi connectivity index (χ1) is 23.4. The van der Waals surface area contributed by atoms with E-state index in [-0.39, 0.29) is 31.1 Å². The van der Waals surface area contributed by atoms with Gasteiger partial charge in [-0.3, -0.25) is 14.4 Å². The molecule has 0 spiro atoms. The van der Waals surface area contributed by atoms with Crippen LogP contribution in [0.25, 0.3) is 0 Å². The molecule has 0 saturated carbocycles. The molecule has 0 aliphatic heterocycles. The molecule has 0 heterocycles. The average molecular weight is 681 g/mol. The van der Waals surface area contributed by atoms with Crippen LogP contribution in [0.15, 0.2) is 0 Å². The lowest BCUT2D eigenvalue weighted by atomic mass is 9.99. The Hall–Kier alpha value is -1.59. The summed E-state index contributed by atoms with van der Waals surface area (Å²) in [6.07, 6.45) is 33.9. The zero-order valence-electron chi connectivity index (χ0n) is 32.4. The quantitative estimate of drug-likeness (QED) is 0.0369. The highest BCUT2D eigenvalue weighted by Crippen LogP contribution is 2.16. The number of rotatable bonds is 37. The number of ether oxygens (including phenoxy) is 3. The highest BCUT2D eigenvalue weighted by Gasteiger charge is 2.19. The average Bonchev–Trinajstić information content (AvgIpc) is 3.08. The monoisotopic (exact) mass is 681 g/mol. The number of esters is 3. The highest BCUT2D eigenvalue weighted by molar-refractivity contribution is 5.71. The Bertz CT molecular complexity index is 723. The lowest BCUT2D eigenvalue weighted by Crippen LogP contribution is -2.30. The molecular weight excluding hydrogens is 600 g/mol. The lowest BCUT2D eigenvalue weighted by Gasteiger charge is -2.18. The van der Waals surface area contributed by atoms with E-state index in [1.54, 1.807) is 0 Å². The third kappa shape index (κ3) is 34.3. The van der Waals surface area contributed by atoms with Crippen molar-refractivity contribution in [2.24, 2.45) is 5.92 Å². The first-order valence-electron chi connectivity index (χ1n) is 20.9. The van der Waals surface area contributed by atoms with Crippen LogP contribution in [0.4, 0.5) is 0 Å².